The normalized spacial score (nSPS) is 17.5. The number of ether oxygens (including phenoxy) is 2. The van der Waals surface area contributed by atoms with Crippen molar-refractivity contribution >= 4 is 23.4 Å². The third kappa shape index (κ3) is 5.46. The lowest BCUT2D eigenvalue weighted by molar-refractivity contribution is -0.147. The number of pyridine rings is 1. The third-order valence-corrected chi connectivity index (χ3v) is 7.02. The summed E-state index contributed by atoms with van der Waals surface area (Å²) < 4.78 is 10.5. The molecule has 0 saturated carbocycles. The first-order chi connectivity index (χ1) is 18.4. The average molecular weight is 517 g/mol. The molecular weight excluding hydrogens is 484 g/mol. The Kier molecular flexibility index (Phi) is 8.25. The Morgan fingerprint density at radius 2 is 1.66 bits per heavy atom. The van der Waals surface area contributed by atoms with Gasteiger partial charge in [0.15, 0.2) is 0 Å². The Hall–Kier alpha value is -4.40. The van der Waals surface area contributed by atoms with Crippen molar-refractivity contribution in [3.8, 4) is 11.5 Å². The van der Waals surface area contributed by atoms with Crippen LogP contribution < -0.4 is 20.5 Å². The molecule has 1 unspecified atom stereocenters. The van der Waals surface area contributed by atoms with Crippen molar-refractivity contribution in [3.05, 3.63) is 84.2 Å². The van der Waals surface area contributed by atoms with Gasteiger partial charge in [-0.3, -0.25) is 19.4 Å². The van der Waals surface area contributed by atoms with Crippen molar-refractivity contribution in [2.75, 3.05) is 26.1 Å². The second kappa shape index (κ2) is 11.8. The lowest BCUT2D eigenvalue weighted by Crippen LogP contribution is -2.61. The fraction of sp³-hybridized carbons (Fsp3) is 0.310. The number of carbonyl (C=O) groups excluding carboxylic acids is 3. The number of benzene rings is 2. The minimum Gasteiger partial charge on any atom is -0.497 e. The zero-order valence-electron chi connectivity index (χ0n) is 21.6. The van der Waals surface area contributed by atoms with E-state index in [1.165, 1.54) is 4.90 Å². The summed E-state index contributed by atoms with van der Waals surface area (Å²) in [4.78, 5) is 46.6. The molecule has 0 radical (unpaired) electrons. The molecule has 3 amide bonds. The van der Waals surface area contributed by atoms with E-state index in [1.807, 2.05) is 18.2 Å². The topological polar surface area (TPSA) is 124 Å². The molecule has 3 aromatic rings. The fourth-order valence-electron chi connectivity index (χ4n) is 5.13. The van der Waals surface area contributed by atoms with E-state index in [4.69, 9.17) is 15.2 Å². The Morgan fingerprint density at radius 3 is 2.24 bits per heavy atom. The van der Waals surface area contributed by atoms with Gasteiger partial charge in [0.25, 0.3) is 0 Å². The van der Waals surface area contributed by atoms with Crippen molar-refractivity contribution in [1.82, 2.24) is 9.88 Å². The predicted octanol–water partition coefficient (Wildman–Crippen LogP) is 3.30. The first kappa shape index (κ1) is 26.7. The van der Waals surface area contributed by atoms with Gasteiger partial charge in [-0.2, -0.15) is 0 Å². The molecule has 1 saturated heterocycles. The molecule has 4 rings (SSSR count). The summed E-state index contributed by atoms with van der Waals surface area (Å²) in [6.07, 6.45) is 3.04. The number of methoxy groups -OCH3 is 2. The van der Waals surface area contributed by atoms with E-state index in [9.17, 15) is 14.4 Å². The largest absolute Gasteiger partial charge is 0.497 e. The molecule has 0 bridgehead atoms. The maximum Gasteiger partial charge on any atom is 0.244 e. The molecule has 9 nitrogen and oxygen atoms in total. The van der Waals surface area contributed by atoms with E-state index < -0.39 is 23.3 Å². The molecule has 1 aromatic heterocycles. The molecule has 1 fully saturated rings. The first-order valence-electron chi connectivity index (χ1n) is 12.5. The molecule has 198 valence electrons. The highest BCUT2D eigenvalue weighted by atomic mass is 16.5. The molecule has 0 spiro atoms. The van der Waals surface area contributed by atoms with Crippen LogP contribution in [0.25, 0.3) is 0 Å². The van der Waals surface area contributed by atoms with Crippen molar-refractivity contribution in [2.45, 2.75) is 37.1 Å². The summed E-state index contributed by atoms with van der Waals surface area (Å²) >= 11 is 0. The van der Waals surface area contributed by atoms with Gasteiger partial charge >= 0.3 is 0 Å². The quantitative estimate of drug-likeness (QED) is 0.426. The maximum atomic E-state index is 13.9. The molecule has 1 aliphatic heterocycles. The summed E-state index contributed by atoms with van der Waals surface area (Å²) in [6, 6.07) is 19.3. The van der Waals surface area contributed by atoms with Crippen LogP contribution in [0.4, 0.5) is 5.69 Å². The lowest BCUT2D eigenvalue weighted by Gasteiger charge is -2.41. The summed E-state index contributed by atoms with van der Waals surface area (Å²) in [5, 5.41) is 2.91. The van der Waals surface area contributed by atoms with Crippen molar-refractivity contribution in [1.29, 1.82) is 0 Å². The van der Waals surface area contributed by atoms with Crippen LogP contribution in [0.15, 0.2) is 72.9 Å². The highest BCUT2D eigenvalue weighted by Gasteiger charge is 2.56. The van der Waals surface area contributed by atoms with Gasteiger partial charge in [0.2, 0.25) is 17.7 Å². The highest BCUT2D eigenvalue weighted by Crippen LogP contribution is 2.43. The smallest absolute Gasteiger partial charge is 0.244 e. The SMILES string of the molecule is COc1ccc(NC(=O)[C@@H](c2ccc(OC)cc2)C2(C(N)=O)CCCN2C(=O)CCc2ccccn2)cc1. The number of hydrogen-bond acceptors (Lipinski definition) is 6. The van der Waals surface area contributed by atoms with Gasteiger partial charge in [-0.1, -0.05) is 18.2 Å². The Morgan fingerprint density at radius 1 is 1.00 bits per heavy atom. The molecular formula is C29H32N4O5. The molecule has 1 aliphatic rings. The number of nitrogens with two attached hydrogens (primary N) is 1. The van der Waals surface area contributed by atoms with Crippen LogP contribution in [0.1, 0.15) is 36.4 Å². The number of carbonyl (C=O) groups is 3. The van der Waals surface area contributed by atoms with E-state index in [2.05, 4.69) is 10.3 Å². The van der Waals surface area contributed by atoms with E-state index >= 15 is 0 Å². The van der Waals surface area contributed by atoms with E-state index in [0.717, 1.165) is 5.69 Å². The summed E-state index contributed by atoms with van der Waals surface area (Å²) in [7, 11) is 3.11. The van der Waals surface area contributed by atoms with E-state index in [0.29, 0.717) is 42.1 Å². The van der Waals surface area contributed by atoms with Gasteiger partial charge in [-0.05, 0) is 73.4 Å². The van der Waals surface area contributed by atoms with Gasteiger partial charge in [-0.25, -0.2) is 0 Å². The van der Waals surface area contributed by atoms with Gasteiger partial charge in [-0.15, -0.1) is 0 Å². The number of primary amides is 1. The molecule has 2 aromatic carbocycles. The van der Waals surface area contributed by atoms with Crippen molar-refractivity contribution < 1.29 is 23.9 Å². The molecule has 38 heavy (non-hydrogen) atoms. The Bertz CT molecular complexity index is 1260. The Balaban J connectivity index is 1.70. The predicted molar refractivity (Wildman–Crippen MR) is 143 cm³/mol. The van der Waals surface area contributed by atoms with Gasteiger partial charge in [0.1, 0.15) is 17.0 Å². The van der Waals surface area contributed by atoms with Crippen molar-refractivity contribution in [3.63, 3.8) is 0 Å². The number of likely N-dealkylation sites (tertiary alicyclic amines) is 1. The van der Waals surface area contributed by atoms with Crippen molar-refractivity contribution in [2.24, 2.45) is 5.73 Å². The van der Waals surface area contributed by atoms with Gasteiger partial charge in [0.05, 0.1) is 20.1 Å². The zero-order chi connectivity index (χ0) is 27.1. The summed E-state index contributed by atoms with van der Waals surface area (Å²) in [6.45, 7) is 0.326. The minimum atomic E-state index is -1.54. The van der Waals surface area contributed by atoms with Crippen LogP contribution in [0.2, 0.25) is 0 Å². The fourth-order valence-corrected chi connectivity index (χ4v) is 5.13. The number of aromatic nitrogens is 1. The molecule has 0 aliphatic carbocycles. The van der Waals surface area contributed by atoms with Crippen LogP contribution in [0, 0.1) is 0 Å². The second-order valence-electron chi connectivity index (χ2n) is 9.18. The van der Waals surface area contributed by atoms with Crippen LogP contribution in [0.5, 0.6) is 11.5 Å². The number of nitrogens with one attached hydrogen (secondary N) is 1. The summed E-state index contributed by atoms with van der Waals surface area (Å²) in [5.74, 6) is -1.21. The molecule has 3 N–H and O–H groups in total. The average Bonchev–Trinajstić information content (AvgIpc) is 3.39. The minimum absolute atomic E-state index is 0.140. The molecule has 2 atom stereocenters. The number of rotatable bonds is 10. The first-order valence-corrected chi connectivity index (χ1v) is 12.5. The number of amides is 3. The lowest BCUT2D eigenvalue weighted by atomic mass is 9.75. The van der Waals surface area contributed by atoms with Crippen LogP contribution >= 0.6 is 0 Å². The van der Waals surface area contributed by atoms with Gasteiger partial charge < -0.3 is 25.4 Å². The monoisotopic (exact) mass is 516 g/mol. The maximum absolute atomic E-state index is 13.9. The zero-order valence-corrected chi connectivity index (χ0v) is 21.6. The standard InChI is InChI=1S/C29H32N4O5/c1-37-23-12-7-20(8-13-23)26(27(35)32-22-9-14-24(38-2)15-10-22)29(28(30)36)17-5-19-33(29)25(34)16-11-21-6-3-4-18-31-21/h3-4,6-10,12-15,18,26H,5,11,16-17,19H2,1-2H3,(H2,30,36)(H,32,35)/t26-,29?/m1/s1. The van der Waals surface area contributed by atoms with Crippen LogP contribution in [-0.2, 0) is 20.8 Å². The van der Waals surface area contributed by atoms with Crippen LogP contribution in [-0.4, -0.2) is 53.9 Å². The third-order valence-electron chi connectivity index (χ3n) is 7.02. The second-order valence-corrected chi connectivity index (χ2v) is 9.18. The van der Waals surface area contributed by atoms with Gasteiger partial charge in [0, 0.05) is 30.5 Å². The highest BCUT2D eigenvalue weighted by molar-refractivity contribution is 6.04. The van der Waals surface area contributed by atoms with Crippen LogP contribution in [0.3, 0.4) is 0 Å². The number of aryl methyl sites for hydroxylation is 1. The molecule has 9 heteroatoms. The Labute approximate surface area is 221 Å². The molecule has 2 heterocycles. The van der Waals surface area contributed by atoms with E-state index in [-0.39, 0.29) is 18.7 Å². The number of hydrogen-bond donors (Lipinski definition) is 2. The number of nitrogens with zero attached hydrogens (tertiary/aromatic N) is 2. The number of anilines is 1. The van der Waals surface area contributed by atoms with E-state index in [1.54, 1.807) is 68.9 Å². The summed E-state index contributed by atoms with van der Waals surface area (Å²) in [5.41, 5.74) is 6.39.